The number of methoxy groups -OCH3 is 2. The monoisotopic (exact) mass is 305 g/mol. The summed E-state index contributed by atoms with van der Waals surface area (Å²) in [5, 5.41) is 12.4. The van der Waals surface area contributed by atoms with Crippen LogP contribution in [0.15, 0.2) is 10.7 Å². The Bertz CT molecular complexity index is 352. The van der Waals surface area contributed by atoms with Gasteiger partial charge in [0.25, 0.3) is 0 Å². The predicted octanol–water partition coefficient (Wildman–Crippen LogP) is 1.06. The lowest BCUT2D eigenvalue weighted by Crippen LogP contribution is -2.19. The van der Waals surface area contributed by atoms with Crippen molar-refractivity contribution in [3.8, 4) is 5.88 Å². The summed E-state index contributed by atoms with van der Waals surface area (Å²) in [6, 6.07) is 0. The minimum Gasteiger partial charge on any atom is -0.480 e. The van der Waals surface area contributed by atoms with Crippen molar-refractivity contribution in [3.63, 3.8) is 0 Å². The van der Waals surface area contributed by atoms with Gasteiger partial charge in [-0.2, -0.15) is 4.98 Å². The molecule has 7 heteroatoms. The number of rotatable bonds is 7. The van der Waals surface area contributed by atoms with Gasteiger partial charge in [0.1, 0.15) is 0 Å². The highest BCUT2D eigenvalue weighted by atomic mass is 79.9. The van der Waals surface area contributed by atoms with Crippen LogP contribution in [0.3, 0.4) is 0 Å². The third-order valence-electron chi connectivity index (χ3n) is 2.03. The van der Waals surface area contributed by atoms with E-state index in [9.17, 15) is 5.11 Å². The fourth-order valence-electron chi connectivity index (χ4n) is 1.21. The third kappa shape index (κ3) is 4.84. The van der Waals surface area contributed by atoms with Gasteiger partial charge in [0.15, 0.2) is 0 Å². The van der Waals surface area contributed by atoms with Gasteiger partial charge in [-0.3, -0.25) is 0 Å². The van der Waals surface area contributed by atoms with Crippen LogP contribution in [0.25, 0.3) is 0 Å². The molecule has 0 aliphatic heterocycles. The number of hydrogen-bond donors (Lipinski definition) is 2. The van der Waals surface area contributed by atoms with E-state index >= 15 is 0 Å². The maximum atomic E-state index is 9.43. The maximum absolute atomic E-state index is 9.43. The quantitative estimate of drug-likeness (QED) is 0.784. The molecular formula is C10H16BrN3O3. The molecule has 6 nitrogen and oxygen atoms in total. The Morgan fingerprint density at radius 3 is 2.94 bits per heavy atom. The maximum Gasteiger partial charge on any atom is 0.232 e. The van der Waals surface area contributed by atoms with Crippen LogP contribution in [0.4, 0.5) is 5.95 Å². The molecule has 0 saturated heterocycles. The fourth-order valence-corrected chi connectivity index (χ4v) is 1.56. The minimum absolute atomic E-state index is 0.326. The van der Waals surface area contributed by atoms with Crippen LogP contribution in [0.1, 0.15) is 6.42 Å². The molecule has 0 bridgehead atoms. The van der Waals surface area contributed by atoms with Gasteiger partial charge in [-0.1, -0.05) is 0 Å². The van der Waals surface area contributed by atoms with Crippen molar-refractivity contribution < 1.29 is 14.6 Å². The van der Waals surface area contributed by atoms with Gasteiger partial charge in [-0.05, 0) is 22.4 Å². The lowest BCUT2D eigenvalue weighted by atomic mass is 10.3. The number of aromatic nitrogens is 2. The molecule has 1 rings (SSSR count). The van der Waals surface area contributed by atoms with Crippen LogP contribution in [0.5, 0.6) is 5.88 Å². The Morgan fingerprint density at radius 2 is 2.29 bits per heavy atom. The number of hydrogen-bond acceptors (Lipinski definition) is 6. The molecular weight excluding hydrogens is 290 g/mol. The Labute approximate surface area is 108 Å². The minimum atomic E-state index is -0.482. The summed E-state index contributed by atoms with van der Waals surface area (Å²) >= 11 is 3.27. The summed E-state index contributed by atoms with van der Waals surface area (Å²) in [6.07, 6.45) is 1.69. The summed E-state index contributed by atoms with van der Waals surface area (Å²) in [6.45, 7) is 0.890. The molecule has 0 aromatic carbocycles. The molecule has 1 aromatic rings. The molecule has 0 aliphatic carbocycles. The zero-order chi connectivity index (χ0) is 12.7. The third-order valence-corrected chi connectivity index (χ3v) is 2.57. The summed E-state index contributed by atoms with van der Waals surface area (Å²) in [7, 11) is 3.10. The van der Waals surface area contributed by atoms with E-state index in [-0.39, 0.29) is 0 Å². The topological polar surface area (TPSA) is 76.5 Å². The van der Waals surface area contributed by atoms with Crippen molar-refractivity contribution >= 4 is 21.9 Å². The average molecular weight is 306 g/mol. The average Bonchev–Trinajstić information content (AvgIpc) is 2.31. The smallest absolute Gasteiger partial charge is 0.232 e. The number of aliphatic hydroxyl groups is 1. The molecule has 1 atom stereocenters. The van der Waals surface area contributed by atoms with E-state index in [1.807, 2.05) is 0 Å². The lowest BCUT2D eigenvalue weighted by molar-refractivity contribution is 0.0615. The van der Waals surface area contributed by atoms with Gasteiger partial charge in [0, 0.05) is 13.7 Å². The number of aliphatic hydroxyl groups excluding tert-OH is 1. The van der Waals surface area contributed by atoms with Crippen molar-refractivity contribution in [3.05, 3.63) is 10.7 Å². The van der Waals surface area contributed by atoms with E-state index in [2.05, 4.69) is 31.2 Å². The summed E-state index contributed by atoms with van der Waals surface area (Å²) in [4.78, 5) is 8.20. The first-order chi connectivity index (χ1) is 8.17. The molecule has 0 saturated carbocycles. The molecule has 96 valence electrons. The van der Waals surface area contributed by atoms with E-state index in [1.54, 1.807) is 20.4 Å². The number of nitrogens with zero attached hydrogens (tertiary/aromatic N) is 2. The SMILES string of the molecule is COCC(O)CCNc1ncc(Br)c(OC)n1. The first-order valence-electron chi connectivity index (χ1n) is 5.14. The Morgan fingerprint density at radius 1 is 1.53 bits per heavy atom. The molecule has 17 heavy (non-hydrogen) atoms. The van der Waals surface area contributed by atoms with Crippen LogP contribution < -0.4 is 10.1 Å². The van der Waals surface area contributed by atoms with Crippen molar-refractivity contribution in [2.45, 2.75) is 12.5 Å². The Hall–Kier alpha value is -0.920. The van der Waals surface area contributed by atoms with Gasteiger partial charge < -0.3 is 19.9 Å². The standard InChI is InChI=1S/C10H16BrN3O3/c1-16-6-7(15)3-4-12-10-13-5-8(11)9(14-10)17-2/h5,7,15H,3-4,6H2,1-2H3,(H,12,13,14). The van der Waals surface area contributed by atoms with Gasteiger partial charge in [0.05, 0.1) is 30.5 Å². The van der Waals surface area contributed by atoms with Crippen LogP contribution in [0, 0.1) is 0 Å². The van der Waals surface area contributed by atoms with E-state index < -0.39 is 6.10 Å². The molecule has 0 spiro atoms. The number of halogens is 1. The molecule has 0 radical (unpaired) electrons. The first-order valence-corrected chi connectivity index (χ1v) is 5.94. The summed E-state index contributed by atoms with van der Waals surface area (Å²) < 4.78 is 10.6. The second-order valence-corrected chi connectivity index (χ2v) is 4.23. The van der Waals surface area contributed by atoms with Gasteiger partial charge in [-0.15, -0.1) is 0 Å². The summed E-state index contributed by atoms with van der Waals surface area (Å²) in [5.74, 6) is 0.939. The fraction of sp³-hybridized carbons (Fsp3) is 0.600. The van der Waals surface area contributed by atoms with Crippen LogP contribution in [0.2, 0.25) is 0 Å². The summed E-state index contributed by atoms with van der Waals surface area (Å²) in [5.41, 5.74) is 0. The Kier molecular flexibility index (Phi) is 6.17. The number of nitrogens with one attached hydrogen (secondary N) is 1. The second-order valence-electron chi connectivity index (χ2n) is 3.38. The highest BCUT2D eigenvalue weighted by Gasteiger charge is 2.06. The van der Waals surface area contributed by atoms with Crippen molar-refractivity contribution in [2.24, 2.45) is 0 Å². The van der Waals surface area contributed by atoms with Crippen LogP contribution in [-0.4, -0.2) is 48.5 Å². The number of anilines is 1. The van der Waals surface area contributed by atoms with Crippen molar-refractivity contribution in [1.82, 2.24) is 9.97 Å². The predicted molar refractivity (Wildman–Crippen MR) is 67.3 cm³/mol. The molecule has 1 heterocycles. The molecule has 1 aromatic heterocycles. The molecule has 0 amide bonds. The largest absolute Gasteiger partial charge is 0.480 e. The molecule has 0 aliphatic rings. The van der Waals surface area contributed by atoms with E-state index in [0.717, 1.165) is 0 Å². The molecule has 0 fully saturated rings. The van der Waals surface area contributed by atoms with Gasteiger partial charge >= 0.3 is 0 Å². The lowest BCUT2D eigenvalue weighted by Gasteiger charge is -2.10. The van der Waals surface area contributed by atoms with E-state index in [0.29, 0.717) is 35.9 Å². The normalized spacial score (nSPS) is 12.2. The van der Waals surface area contributed by atoms with Crippen molar-refractivity contribution in [1.29, 1.82) is 0 Å². The molecule has 2 N–H and O–H groups in total. The number of ether oxygens (including phenoxy) is 2. The van der Waals surface area contributed by atoms with E-state index in [4.69, 9.17) is 9.47 Å². The zero-order valence-electron chi connectivity index (χ0n) is 9.81. The highest BCUT2D eigenvalue weighted by molar-refractivity contribution is 9.10. The van der Waals surface area contributed by atoms with Gasteiger partial charge in [-0.25, -0.2) is 4.98 Å². The highest BCUT2D eigenvalue weighted by Crippen LogP contribution is 2.21. The van der Waals surface area contributed by atoms with E-state index in [1.165, 1.54) is 0 Å². The molecule has 1 unspecified atom stereocenters. The first kappa shape index (κ1) is 14.1. The van der Waals surface area contributed by atoms with Crippen LogP contribution in [-0.2, 0) is 4.74 Å². The zero-order valence-corrected chi connectivity index (χ0v) is 11.4. The second kappa shape index (κ2) is 7.41. The van der Waals surface area contributed by atoms with Crippen LogP contribution >= 0.6 is 15.9 Å². The van der Waals surface area contributed by atoms with Gasteiger partial charge in [0.2, 0.25) is 11.8 Å². The Balaban J connectivity index is 2.41. The van der Waals surface area contributed by atoms with Crippen molar-refractivity contribution in [2.75, 3.05) is 32.7 Å².